The predicted octanol–water partition coefficient (Wildman–Crippen LogP) is 16.3. The van der Waals surface area contributed by atoms with Crippen molar-refractivity contribution in [3.8, 4) is 11.1 Å². The maximum Gasteiger partial charge on any atom is 0.416 e. The lowest BCUT2D eigenvalue weighted by atomic mass is 9.72. The van der Waals surface area contributed by atoms with Crippen LogP contribution in [0.3, 0.4) is 0 Å². The Balaban J connectivity index is 0.00000513. The van der Waals surface area contributed by atoms with E-state index in [1.54, 1.807) is 35.0 Å². The predicted molar refractivity (Wildman–Crippen MR) is 403 cm³/mol. The van der Waals surface area contributed by atoms with Crippen molar-refractivity contribution in [1.29, 1.82) is 0 Å². The van der Waals surface area contributed by atoms with Gasteiger partial charge >= 0.3 is 24.5 Å². The van der Waals surface area contributed by atoms with Crippen LogP contribution in [0.25, 0.3) is 11.1 Å². The number of hydrogen-bond donors (Lipinski definition) is 2. The van der Waals surface area contributed by atoms with E-state index in [0.29, 0.717) is 120 Å². The van der Waals surface area contributed by atoms with E-state index >= 15 is 0 Å². The first kappa shape index (κ1) is 85.4. The Morgan fingerprint density at radius 2 is 1.30 bits per heavy atom. The van der Waals surface area contributed by atoms with Crippen LogP contribution in [0.1, 0.15) is 114 Å². The Morgan fingerprint density at radius 1 is 0.667 bits per heavy atom. The molecule has 6 aromatic carbocycles. The standard InChI is InChI=1S/C77H90Cl2F6N8O9.3ClH/c1-87(34-13-5-8-22-69(94)89(3)41-42-90-36-29-62(30-37-90)93(73(98)99)67-21-12-10-19-63(67)55-16-6-4-7-17-55)51-54-23-26-61(27-24-54)86-72(97)100-44-15-14-35-88(2)70(95)52-101-68-48-56-18-9-11-20-64(56)74(68)31-38-91(39-32-74)40-33-75(58-25-28-65(78)66(79)50-58)53-92(43-45-102-75)71(96)57-46-59(76(80,81)82)49-60(47-57)77(83,84)85;;;/h4,6-7,9-12,16-21,23-28,46-47,49-50,62,68H,5,8,13-15,22,29-45,48,51-53H2,1-3H3,(H,86,97)(H,98,99);3*1H/t68-,75-;;;/m0.../s1. The summed E-state index contributed by atoms with van der Waals surface area (Å²) >= 11 is 12.8. The number of benzene rings is 6. The molecule has 17 nitrogen and oxygen atoms in total. The molecule has 3 saturated heterocycles. The third-order valence-electron chi connectivity index (χ3n) is 20.5. The van der Waals surface area contributed by atoms with Crippen LogP contribution >= 0.6 is 60.4 Å². The molecule has 3 aliphatic heterocycles. The largest absolute Gasteiger partial charge is 0.465 e. The number of likely N-dealkylation sites (N-methyl/N-ethyl adjacent to an activating group) is 2. The fourth-order valence-electron chi connectivity index (χ4n) is 14.7. The molecule has 6 aromatic rings. The van der Waals surface area contributed by atoms with Gasteiger partial charge in [0.05, 0.1) is 52.7 Å². The minimum Gasteiger partial charge on any atom is -0.465 e. The highest BCUT2D eigenvalue weighted by Gasteiger charge is 2.50. The second-order valence-electron chi connectivity index (χ2n) is 27.4. The van der Waals surface area contributed by atoms with Gasteiger partial charge in [0.25, 0.3) is 5.91 Å². The summed E-state index contributed by atoms with van der Waals surface area (Å²) in [6.45, 7) is 6.20. The summed E-state index contributed by atoms with van der Waals surface area (Å²) in [7, 11) is 5.63. The smallest absolute Gasteiger partial charge is 0.416 e. The first-order valence-corrected chi connectivity index (χ1v) is 35.7. The number of piperidine rings is 2. The second-order valence-corrected chi connectivity index (χ2v) is 28.2. The SMILES string of the molecule is CN(CCCCCC(=O)N(C)CCN1CCC(N(C(=O)O)c2ccccc2-c2ccccc2)CC1)Cc1ccc(NC(=O)OCCCCN(C)C(=O)CO[C@H]2Cc3ccccc3C23CCN(CC[C@@]2(c4ccc(Cl)c(Cl)c4)CN(C(=O)c4cc(C(F)(F)F)cc(C(F)(F)F)c4)CCO2)CC3)cc1.Cl.Cl.Cl. The lowest BCUT2D eigenvalue weighted by molar-refractivity contribution is -0.143. The van der Waals surface area contributed by atoms with Crippen molar-refractivity contribution in [1.82, 2.24) is 29.4 Å². The van der Waals surface area contributed by atoms with Gasteiger partial charge in [0, 0.05) is 101 Å². The molecule has 1 aliphatic carbocycles. The van der Waals surface area contributed by atoms with Gasteiger partial charge in [-0.15, -0.1) is 37.2 Å². The highest BCUT2D eigenvalue weighted by Crippen LogP contribution is 2.49. The summed E-state index contributed by atoms with van der Waals surface area (Å²) < 4.78 is 102. The average Bonchev–Trinajstić information content (AvgIpc) is 1.62. The molecular weight excluding hydrogens is 1470 g/mol. The van der Waals surface area contributed by atoms with Crippen LogP contribution in [-0.2, 0) is 60.1 Å². The van der Waals surface area contributed by atoms with Crippen LogP contribution < -0.4 is 10.2 Å². The molecule has 28 heteroatoms. The Hall–Kier alpha value is -6.90. The summed E-state index contributed by atoms with van der Waals surface area (Å²) in [4.78, 5) is 79.1. The molecule has 0 radical (unpaired) electrons. The van der Waals surface area contributed by atoms with E-state index in [-0.39, 0.29) is 117 Å². The number of alkyl halides is 6. The van der Waals surface area contributed by atoms with E-state index < -0.39 is 58.2 Å². The third-order valence-corrected chi connectivity index (χ3v) is 21.2. The number of rotatable bonds is 28. The first-order chi connectivity index (χ1) is 48.8. The van der Waals surface area contributed by atoms with Gasteiger partial charge in [0.15, 0.2) is 0 Å². The maximum absolute atomic E-state index is 14.0. The maximum atomic E-state index is 14.0. The van der Waals surface area contributed by atoms with E-state index in [1.807, 2.05) is 98.0 Å². The molecule has 3 heterocycles. The van der Waals surface area contributed by atoms with Crippen LogP contribution in [0.5, 0.6) is 0 Å². The quantitative estimate of drug-likeness (QED) is 0.0353. The number of para-hydroxylation sites is 1. The fraction of sp³-hybridized carbons (Fsp3) is 0.468. The first-order valence-electron chi connectivity index (χ1n) is 35.0. The highest BCUT2D eigenvalue weighted by atomic mass is 35.5. The van der Waals surface area contributed by atoms with E-state index in [1.165, 1.54) is 15.4 Å². The lowest BCUT2D eigenvalue weighted by Crippen LogP contribution is -2.54. The Bertz CT molecular complexity index is 3820. The number of ether oxygens (including phenoxy) is 3. The number of nitrogens with zero attached hydrogens (tertiary/aromatic N) is 7. The number of carbonyl (C=O) groups excluding carboxylic acids is 4. The normalized spacial score (nSPS) is 17.6. The minimum atomic E-state index is -5.14. The van der Waals surface area contributed by atoms with Crippen LogP contribution in [0.2, 0.25) is 10.0 Å². The van der Waals surface area contributed by atoms with Gasteiger partial charge in [-0.3, -0.25) is 24.6 Å². The zero-order chi connectivity index (χ0) is 72.8. The molecule has 3 fully saturated rings. The van der Waals surface area contributed by atoms with Gasteiger partial charge < -0.3 is 48.7 Å². The van der Waals surface area contributed by atoms with Crippen molar-refractivity contribution in [3.05, 3.63) is 189 Å². The van der Waals surface area contributed by atoms with E-state index in [9.17, 15) is 55.4 Å². The number of morpholine rings is 1. The summed E-state index contributed by atoms with van der Waals surface area (Å²) in [6, 6.07) is 38.9. The van der Waals surface area contributed by atoms with Gasteiger partial charge in [-0.1, -0.05) is 121 Å². The van der Waals surface area contributed by atoms with Crippen LogP contribution in [-0.4, -0.2) is 190 Å². The molecule has 4 aliphatic rings. The second kappa shape index (κ2) is 38.8. The van der Waals surface area contributed by atoms with E-state index in [0.717, 1.165) is 67.7 Å². The van der Waals surface area contributed by atoms with Gasteiger partial charge in [-0.05, 0) is 167 Å². The molecule has 0 aromatic heterocycles. The van der Waals surface area contributed by atoms with Gasteiger partial charge in [-0.25, -0.2) is 9.59 Å². The van der Waals surface area contributed by atoms with Crippen LogP contribution in [0.4, 0.5) is 47.3 Å². The molecular formula is C77H93Cl5F6N8O9. The number of anilines is 2. The van der Waals surface area contributed by atoms with E-state index in [4.69, 9.17) is 37.4 Å². The van der Waals surface area contributed by atoms with E-state index in [2.05, 4.69) is 39.2 Å². The number of fused-ring (bicyclic) bond motifs is 2. The number of halogens is 11. The van der Waals surface area contributed by atoms with Crippen molar-refractivity contribution in [2.75, 3.05) is 123 Å². The average molecular weight is 1570 g/mol. The lowest BCUT2D eigenvalue weighted by Gasteiger charge is -2.46. The molecule has 0 bridgehead atoms. The van der Waals surface area contributed by atoms with Crippen molar-refractivity contribution in [2.45, 2.75) is 119 Å². The Morgan fingerprint density at radius 3 is 1.98 bits per heavy atom. The Kier molecular flexibility index (Phi) is 31.5. The van der Waals surface area contributed by atoms with Gasteiger partial charge in [-0.2, -0.15) is 26.3 Å². The van der Waals surface area contributed by atoms with Crippen molar-refractivity contribution >= 4 is 102 Å². The number of carboxylic acid groups (broad SMARTS) is 1. The number of nitrogens with one attached hydrogen (secondary N) is 1. The summed E-state index contributed by atoms with van der Waals surface area (Å²) in [5.74, 6) is -1.07. The molecule has 105 heavy (non-hydrogen) atoms. The molecule has 1 spiro atoms. The third kappa shape index (κ3) is 22.4. The van der Waals surface area contributed by atoms with Crippen LogP contribution in [0, 0.1) is 0 Å². The zero-order valence-corrected chi connectivity index (χ0v) is 63.1. The summed E-state index contributed by atoms with van der Waals surface area (Å²) in [5.41, 5.74) is 1.51. The van der Waals surface area contributed by atoms with Crippen molar-refractivity contribution in [2.24, 2.45) is 0 Å². The molecule has 2 N–H and O–H groups in total. The molecule has 0 saturated carbocycles. The summed E-state index contributed by atoms with van der Waals surface area (Å²) in [6.07, 6.45) is -4.17. The minimum absolute atomic E-state index is 0. The topological polar surface area (TPSA) is 168 Å². The highest BCUT2D eigenvalue weighted by molar-refractivity contribution is 6.42. The molecule has 10 rings (SSSR count). The van der Waals surface area contributed by atoms with Gasteiger partial charge in [0.2, 0.25) is 11.8 Å². The van der Waals surface area contributed by atoms with Crippen molar-refractivity contribution < 1.29 is 69.6 Å². The zero-order valence-electron chi connectivity index (χ0n) is 59.1. The van der Waals surface area contributed by atoms with Crippen LogP contribution in [0.15, 0.2) is 140 Å². The monoisotopic (exact) mass is 1560 g/mol. The molecule has 5 amide bonds. The Labute approximate surface area is 639 Å². The molecule has 572 valence electrons. The van der Waals surface area contributed by atoms with Crippen molar-refractivity contribution in [3.63, 3.8) is 0 Å². The summed E-state index contributed by atoms with van der Waals surface area (Å²) in [5, 5.41) is 13.6. The van der Waals surface area contributed by atoms with Gasteiger partial charge in [0.1, 0.15) is 12.2 Å². The number of hydrogen-bond acceptors (Lipinski definition) is 11. The number of carbonyl (C=O) groups is 5. The number of likely N-dealkylation sites (tertiary alicyclic amines) is 2. The molecule has 2 atom stereocenters. The number of amides is 5. The number of unbranched alkanes of at least 4 members (excludes halogenated alkanes) is 3. The molecule has 0 unspecified atom stereocenters. The fourth-order valence-corrected chi connectivity index (χ4v) is 14.9.